The Bertz CT molecular complexity index is 514. The minimum atomic E-state index is -1.09. The van der Waals surface area contributed by atoms with E-state index < -0.39 is 5.97 Å². The highest BCUT2D eigenvalue weighted by Crippen LogP contribution is 2.11. The number of aromatic nitrogens is 1. The van der Waals surface area contributed by atoms with E-state index in [0.717, 1.165) is 19.4 Å². The van der Waals surface area contributed by atoms with E-state index in [0.29, 0.717) is 5.56 Å². The van der Waals surface area contributed by atoms with Crippen LogP contribution in [0.5, 0.6) is 0 Å². The number of aromatic carboxylic acids is 1. The molecule has 0 aliphatic heterocycles. The molecule has 140 valence electrons. The van der Waals surface area contributed by atoms with Crippen LogP contribution < -0.4 is 0 Å². The average molecular weight is 348 g/mol. The molecule has 25 heavy (non-hydrogen) atoms. The van der Waals surface area contributed by atoms with Gasteiger partial charge in [0, 0.05) is 19.8 Å². The maximum atomic E-state index is 12.3. The van der Waals surface area contributed by atoms with E-state index in [2.05, 4.69) is 11.9 Å². The summed E-state index contributed by atoms with van der Waals surface area (Å²) in [4.78, 5) is 28.5. The molecular formula is C20H32N2O3. The van der Waals surface area contributed by atoms with Crippen LogP contribution in [0, 0.1) is 0 Å². The number of nitrogens with zero attached hydrogens (tertiary/aromatic N) is 2. The van der Waals surface area contributed by atoms with Gasteiger partial charge in [0.1, 0.15) is 5.69 Å². The number of carboxylic acids is 1. The van der Waals surface area contributed by atoms with Crippen molar-refractivity contribution >= 4 is 11.9 Å². The zero-order chi connectivity index (χ0) is 18.5. The van der Waals surface area contributed by atoms with Gasteiger partial charge in [0.25, 0.3) is 5.91 Å². The van der Waals surface area contributed by atoms with Crippen molar-refractivity contribution in [1.29, 1.82) is 0 Å². The third kappa shape index (κ3) is 8.66. The fraction of sp³-hybridized carbons (Fsp3) is 0.650. The second-order valence-corrected chi connectivity index (χ2v) is 6.65. The van der Waals surface area contributed by atoms with E-state index in [1.807, 2.05) is 0 Å². The number of hydrogen-bond donors (Lipinski definition) is 1. The Morgan fingerprint density at radius 3 is 2.00 bits per heavy atom. The molecule has 0 aliphatic rings. The van der Waals surface area contributed by atoms with Crippen molar-refractivity contribution in [2.45, 2.75) is 71.1 Å². The second-order valence-electron chi connectivity index (χ2n) is 6.65. The Morgan fingerprint density at radius 1 is 0.960 bits per heavy atom. The molecule has 5 heteroatoms. The topological polar surface area (TPSA) is 70.5 Å². The molecule has 0 aromatic carbocycles. The highest BCUT2D eigenvalue weighted by Gasteiger charge is 2.13. The molecule has 0 radical (unpaired) electrons. The first-order valence-electron chi connectivity index (χ1n) is 9.51. The molecule has 5 nitrogen and oxygen atoms in total. The van der Waals surface area contributed by atoms with Crippen molar-refractivity contribution < 1.29 is 14.7 Å². The minimum Gasteiger partial charge on any atom is -0.477 e. The summed E-state index contributed by atoms with van der Waals surface area (Å²) >= 11 is 0. The summed E-state index contributed by atoms with van der Waals surface area (Å²) in [6, 6.07) is 2.89. The molecule has 1 N–H and O–H groups in total. The number of unbranched alkanes of at least 4 members (excludes halogenated alkanes) is 9. The highest BCUT2D eigenvalue weighted by molar-refractivity contribution is 5.94. The zero-order valence-corrected chi connectivity index (χ0v) is 15.7. The number of hydrogen-bond acceptors (Lipinski definition) is 3. The molecule has 0 unspecified atom stereocenters. The van der Waals surface area contributed by atoms with E-state index in [1.165, 1.54) is 69.7 Å². The lowest BCUT2D eigenvalue weighted by molar-refractivity contribution is 0.0688. The van der Waals surface area contributed by atoms with Gasteiger partial charge in [0.05, 0.1) is 5.56 Å². The molecule has 0 atom stereocenters. The largest absolute Gasteiger partial charge is 0.477 e. The van der Waals surface area contributed by atoms with Gasteiger partial charge in [-0.3, -0.25) is 4.79 Å². The standard InChI is InChI=1S/C20H32N2O3/c1-3-4-5-6-7-8-9-10-11-12-15-22(2)19(23)17-13-14-18(20(24)25)21-16-17/h13-14,16H,3-12,15H2,1-2H3,(H,24,25). The number of carbonyl (C=O) groups is 2. The minimum absolute atomic E-state index is 0.0473. The van der Waals surface area contributed by atoms with Crippen molar-refractivity contribution in [3.8, 4) is 0 Å². The van der Waals surface area contributed by atoms with Gasteiger partial charge in [-0.05, 0) is 18.6 Å². The van der Waals surface area contributed by atoms with Gasteiger partial charge in [-0.15, -0.1) is 0 Å². The Labute approximate surface area is 151 Å². The zero-order valence-electron chi connectivity index (χ0n) is 15.7. The first-order valence-corrected chi connectivity index (χ1v) is 9.51. The quantitative estimate of drug-likeness (QED) is 0.521. The van der Waals surface area contributed by atoms with E-state index in [-0.39, 0.29) is 11.6 Å². The molecule has 0 aliphatic carbocycles. The van der Waals surface area contributed by atoms with Crippen LogP contribution in [0.3, 0.4) is 0 Å². The first-order chi connectivity index (χ1) is 12.1. The third-order valence-corrected chi connectivity index (χ3v) is 4.42. The van der Waals surface area contributed by atoms with Crippen LogP contribution in [0.25, 0.3) is 0 Å². The van der Waals surface area contributed by atoms with Crippen LogP contribution in [0.4, 0.5) is 0 Å². The van der Waals surface area contributed by atoms with Crippen molar-refractivity contribution in [3.63, 3.8) is 0 Å². The van der Waals surface area contributed by atoms with E-state index in [9.17, 15) is 9.59 Å². The van der Waals surface area contributed by atoms with Crippen molar-refractivity contribution in [2.75, 3.05) is 13.6 Å². The number of amides is 1. The fourth-order valence-corrected chi connectivity index (χ4v) is 2.81. The normalized spacial score (nSPS) is 10.6. The van der Waals surface area contributed by atoms with Gasteiger partial charge >= 0.3 is 5.97 Å². The van der Waals surface area contributed by atoms with Crippen molar-refractivity contribution in [2.24, 2.45) is 0 Å². The summed E-state index contributed by atoms with van der Waals surface area (Å²) in [7, 11) is 1.78. The number of carbonyl (C=O) groups excluding carboxylic acids is 1. The Balaban J connectivity index is 2.14. The number of carboxylic acid groups (broad SMARTS) is 1. The van der Waals surface area contributed by atoms with Gasteiger partial charge in [-0.2, -0.15) is 0 Å². The summed E-state index contributed by atoms with van der Waals surface area (Å²) < 4.78 is 0. The second kappa shape index (κ2) is 12.5. The van der Waals surface area contributed by atoms with E-state index in [1.54, 1.807) is 11.9 Å². The maximum absolute atomic E-state index is 12.3. The van der Waals surface area contributed by atoms with Crippen molar-refractivity contribution in [3.05, 3.63) is 29.6 Å². The molecule has 0 fully saturated rings. The molecule has 0 bridgehead atoms. The number of rotatable bonds is 13. The predicted molar refractivity (Wildman–Crippen MR) is 100 cm³/mol. The molecule has 0 spiro atoms. The lowest BCUT2D eigenvalue weighted by Gasteiger charge is -2.17. The summed E-state index contributed by atoms with van der Waals surface area (Å²) in [5, 5.41) is 8.82. The van der Waals surface area contributed by atoms with E-state index in [4.69, 9.17) is 5.11 Å². The SMILES string of the molecule is CCCCCCCCCCCCN(C)C(=O)c1ccc(C(=O)O)nc1. The maximum Gasteiger partial charge on any atom is 0.354 e. The Hall–Kier alpha value is -1.91. The van der Waals surface area contributed by atoms with E-state index >= 15 is 0 Å². The summed E-state index contributed by atoms with van der Waals surface area (Å²) in [6.45, 7) is 2.96. The first kappa shape index (κ1) is 21.1. The molecule has 0 saturated heterocycles. The van der Waals surface area contributed by atoms with Crippen LogP contribution in [0.15, 0.2) is 18.3 Å². The molecular weight excluding hydrogens is 316 g/mol. The molecule has 1 aromatic rings. The van der Waals surface area contributed by atoms with Gasteiger partial charge < -0.3 is 10.0 Å². The Kier molecular flexibility index (Phi) is 10.5. The van der Waals surface area contributed by atoms with Crippen LogP contribution in [-0.2, 0) is 0 Å². The predicted octanol–water partition coefficient (Wildman–Crippen LogP) is 4.77. The molecule has 1 rings (SSSR count). The monoisotopic (exact) mass is 348 g/mol. The lowest BCUT2D eigenvalue weighted by atomic mass is 10.1. The van der Waals surface area contributed by atoms with Gasteiger partial charge in [0.2, 0.25) is 0 Å². The van der Waals surface area contributed by atoms with Crippen LogP contribution in [-0.4, -0.2) is 40.5 Å². The molecule has 1 aromatic heterocycles. The smallest absolute Gasteiger partial charge is 0.354 e. The summed E-state index contributed by atoms with van der Waals surface area (Å²) in [6.07, 6.45) is 14.0. The lowest BCUT2D eigenvalue weighted by Crippen LogP contribution is -2.27. The van der Waals surface area contributed by atoms with Gasteiger partial charge in [0.15, 0.2) is 0 Å². The Morgan fingerprint density at radius 2 is 1.52 bits per heavy atom. The molecule has 1 amide bonds. The van der Waals surface area contributed by atoms with Crippen molar-refractivity contribution in [1.82, 2.24) is 9.88 Å². The van der Waals surface area contributed by atoms with Crippen LogP contribution >= 0.6 is 0 Å². The summed E-state index contributed by atoms with van der Waals surface area (Å²) in [5.74, 6) is -1.20. The molecule has 0 saturated carbocycles. The van der Waals surface area contributed by atoms with Gasteiger partial charge in [-0.25, -0.2) is 9.78 Å². The fourth-order valence-electron chi connectivity index (χ4n) is 2.81. The highest BCUT2D eigenvalue weighted by atomic mass is 16.4. The number of pyridine rings is 1. The van der Waals surface area contributed by atoms with Crippen LogP contribution in [0.2, 0.25) is 0 Å². The third-order valence-electron chi connectivity index (χ3n) is 4.42. The molecule has 1 heterocycles. The van der Waals surface area contributed by atoms with Crippen LogP contribution in [0.1, 0.15) is 92.0 Å². The summed E-state index contributed by atoms with van der Waals surface area (Å²) in [5.41, 5.74) is 0.383. The van der Waals surface area contributed by atoms with Gasteiger partial charge in [-0.1, -0.05) is 64.7 Å². The average Bonchev–Trinajstić information content (AvgIpc) is 2.62.